The summed E-state index contributed by atoms with van der Waals surface area (Å²) >= 11 is 0. The highest BCUT2D eigenvalue weighted by atomic mass is 16.1. The molecule has 1 N–H and O–H groups in total. The number of carbonyl (C=O) groups excluding carboxylic acids is 1. The van der Waals surface area contributed by atoms with Gasteiger partial charge in [-0.05, 0) is 32.3 Å². The quantitative estimate of drug-likeness (QED) is 0.802. The zero-order valence-electron chi connectivity index (χ0n) is 12.2. The van der Waals surface area contributed by atoms with Gasteiger partial charge in [0.25, 0.3) is 0 Å². The van der Waals surface area contributed by atoms with Crippen LogP contribution in [-0.2, 0) is 0 Å². The molecule has 0 aromatic heterocycles. The summed E-state index contributed by atoms with van der Waals surface area (Å²) in [6.07, 6.45) is 0.554. The number of nitrogens with one attached hydrogen (secondary N) is 1. The second-order valence-electron chi connectivity index (χ2n) is 6.13. The molecule has 1 aromatic rings. The van der Waals surface area contributed by atoms with Gasteiger partial charge in [-0.1, -0.05) is 38.1 Å². The van der Waals surface area contributed by atoms with Crippen LogP contribution in [0.2, 0.25) is 0 Å². The van der Waals surface area contributed by atoms with Gasteiger partial charge in [0.2, 0.25) is 0 Å². The molecular weight excluding hydrogens is 222 g/mol. The van der Waals surface area contributed by atoms with E-state index < -0.39 is 0 Å². The van der Waals surface area contributed by atoms with Crippen molar-refractivity contribution in [2.45, 2.75) is 52.5 Å². The summed E-state index contributed by atoms with van der Waals surface area (Å²) in [5.41, 5.74) is 2.16. The van der Waals surface area contributed by atoms with Crippen LogP contribution in [0.1, 0.15) is 62.9 Å². The number of hydrogen-bond acceptors (Lipinski definition) is 2. The van der Waals surface area contributed by atoms with E-state index in [0.29, 0.717) is 12.3 Å². The van der Waals surface area contributed by atoms with E-state index in [1.165, 1.54) is 5.56 Å². The minimum absolute atomic E-state index is 0.0712. The van der Waals surface area contributed by atoms with E-state index in [1.807, 2.05) is 12.1 Å². The number of hydrogen-bond donors (Lipinski definition) is 1. The molecule has 0 saturated carbocycles. The Morgan fingerprint density at radius 1 is 1.17 bits per heavy atom. The van der Waals surface area contributed by atoms with E-state index in [2.05, 4.69) is 52.1 Å². The van der Waals surface area contributed by atoms with E-state index in [-0.39, 0.29) is 11.3 Å². The molecule has 0 fully saturated rings. The molecule has 0 heterocycles. The Bertz CT molecular complexity index is 385. The summed E-state index contributed by atoms with van der Waals surface area (Å²) in [5.74, 6) is 0.721. The van der Waals surface area contributed by atoms with Gasteiger partial charge < -0.3 is 5.32 Å². The minimum atomic E-state index is 0.0712. The number of benzene rings is 1. The fourth-order valence-corrected chi connectivity index (χ4v) is 1.75. The number of carbonyl (C=O) groups is 1. The maximum Gasteiger partial charge on any atom is 0.164 e. The van der Waals surface area contributed by atoms with Crippen LogP contribution >= 0.6 is 0 Å². The third-order valence-electron chi connectivity index (χ3n) is 2.91. The maximum absolute atomic E-state index is 12.0. The molecule has 0 bridgehead atoms. The Balaban J connectivity index is 2.52. The molecule has 18 heavy (non-hydrogen) atoms. The first-order valence-electron chi connectivity index (χ1n) is 6.68. The van der Waals surface area contributed by atoms with E-state index in [4.69, 9.17) is 0 Å². The van der Waals surface area contributed by atoms with Gasteiger partial charge in [-0.25, -0.2) is 0 Å². The summed E-state index contributed by atoms with van der Waals surface area (Å²) in [4.78, 5) is 12.0. The molecule has 0 amide bonds. The molecule has 1 rings (SSSR count). The molecule has 0 atom stereocenters. The van der Waals surface area contributed by atoms with Crippen LogP contribution in [0.5, 0.6) is 0 Å². The SMILES string of the molecule is CC(C)c1ccc(C(=O)CCNC(C)(C)C)cc1. The Labute approximate surface area is 111 Å². The van der Waals surface area contributed by atoms with Gasteiger partial charge in [0.05, 0.1) is 0 Å². The lowest BCUT2D eigenvalue weighted by atomic mass is 9.99. The Morgan fingerprint density at radius 2 is 1.72 bits per heavy atom. The number of rotatable bonds is 5. The third-order valence-corrected chi connectivity index (χ3v) is 2.91. The number of ketones is 1. The average molecular weight is 247 g/mol. The number of Topliss-reactive ketones (excluding diaryl/α,β-unsaturated/α-hetero) is 1. The highest BCUT2D eigenvalue weighted by molar-refractivity contribution is 5.96. The van der Waals surface area contributed by atoms with Crippen LogP contribution in [-0.4, -0.2) is 17.9 Å². The Morgan fingerprint density at radius 3 is 2.17 bits per heavy atom. The first kappa shape index (κ1) is 14.9. The molecular formula is C16H25NO. The molecule has 0 radical (unpaired) electrons. The van der Waals surface area contributed by atoms with Crippen molar-refractivity contribution in [2.75, 3.05) is 6.54 Å². The van der Waals surface area contributed by atoms with Crippen molar-refractivity contribution in [2.24, 2.45) is 0 Å². The molecule has 100 valence electrons. The van der Waals surface area contributed by atoms with E-state index in [1.54, 1.807) is 0 Å². The summed E-state index contributed by atoms with van der Waals surface area (Å²) < 4.78 is 0. The van der Waals surface area contributed by atoms with Gasteiger partial charge in [-0.15, -0.1) is 0 Å². The van der Waals surface area contributed by atoms with E-state index >= 15 is 0 Å². The van der Waals surface area contributed by atoms with Crippen LogP contribution < -0.4 is 5.32 Å². The fraction of sp³-hybridized carbons (Fsp3) is 0.562. The molecule has 0 unspecified atom stereocenters. The average Bonchev–Trinajstić information content (AvgIpc) is 2.27. The maximum atomic E-state index is 12.0. The topological polar surface area (TPSA) is 29.1 Å². The monoisotopic (exact) mass is 247 g/mol. The molecule has 0 aliphatic heterocycles. The van der Waals surface area contributed by atoms with Gasteiger partial charge in [-0.2, -0.15) is 0 Å². The minimum Gasteiger partial charge on any atom is -0.312 e. The first-order valence-corrected chi connectivity index (χ1v) is 6.68. The predicted octanol–water partition coefficient (Wildman–Crippen LogP) is 3.77. The third kappa shape index (κ3) is 5.01. The summed E-state index contributed by atoms with van der Waals surface area (Å²) in [6, 6.07) is 7.98. The van der Waals surface area contributed by atoms with Crippen molar-refractivity contribution in [3.05, 3.63) is 35.4 Å². The van der Waals surface area contributed by atoms with Crippen LogP contribution in [0.3, 0.4) is 0 Å². The van der Waals surface area contributed by atoms with Crippen LogP contribution in [0.4, 0.5) is 0 Å². The molecule has 2 nitrogen and oxygen atoms in total. The fourth-order valence-electron chi connectivity index (χ4n) is 1.75. The largest absolute Gasteiger partial charge is 0.312 e. The van der Waals surface area contributed by atoms with Crippen molar-refractivity contribution < 1.29 is 4.79 Å². The lowest BCUT2D eigenvalue weighted by molar-refractivity contribution is 0.0980. The van der Waals surface area contributed by atoms with Crippen molar-refractivity contribution in [3.8, 4) is 0 Å². The molecule has 0 spiro atoms. The summed E-state index contributed by atoms with van der Waals surface area (Å²) in [7, 11) is 0. The molecule has 0 aliphatic rings. The highest BCUT2D eigenvalue weighted by Crippen LogP contribution is 2.15. The summed E-state index contributed by atoms with van der Waals surface area (Å²) in [5, 5.41) is 3.33. The lowest BCUT2D eigenvalue weighted by Crippen LogP contribution is -2.37. The Kier molecular flexibility index (Phi) is 5.09. The predicted molar refractivity (Wildman–Crippen MR) is 77.2 cm³/mol. The van der Waals surface area contributed by atoms with Gasteiger partial charge in [-0.3, -0.25) is 4.79 Å². The van der Waals surface area contributed by atoms with Gasteiger partial charge >= 0.3 is 0 Å². The van der Waals surface area contributed by atoms with Crippen molar-refractivity contribution in [1.29, 1.82) is 0 Å². The molecule has 1 aromatic carbocycles. The van der Waals surface area contributed by atoms with Gasteiger partial charge in [0.1, 0.15) is 0 Å². The van der Waals surface area contributed by atoms with Crippen molar-refractivity contribution >= 4 is 5.78 Å². The zero-order chi connectivity index (χ0) is 13.8. The molecule has 0 saturated heterocycles. The normalized spacial score (nSPS) is 11.9. The molecule has 2 heteroatoms. The zero-order valence-corrected chi connectivity index (χ0v) is 12.2. The smallest absolute Gasteiger partial charge is 0.164 e. The second kappa shape index (κ2) is 6.14. The highest BCUT2D eigenvalue weighted by Gasteiger charge is 2.11. The van der Waals surface area contributed by atoms with Crippen LogP contribution in [0.25, 0.3) is 0 Å². The van der Waals surface area contributed by atoms with Crippen LogP contribution in [0.15, 0.2) is 24.3 Å². The van der Waals surface area contributed by atoms with Gasteiger partial charge in [0.15, 0.2) is 5.78 Å². The Hall–Kier alpha value is -1.15. The molecule has 0 aliphatic carbocycles. The second-order valence-corrected chi connectivity index (χ2v) is 6.13. The van der Waals surface area contributed by atoms with Crippen molar-refractivity contribution in [3.63, 3.8) is 0 Å². The lowest BCUT2D eigenvalue weighted by Gasteiger charge is -2.20. The van der Waals surface area contributed by atoms with Crippen molar-refractivity contribution in [1.82, 2.24) is 5.32 Å². The van der Waals surface area contributed by atoms with E-state index in [9.17, 15) is 4.79 Å². The summed E-state index contributed by atoms with van der Waals surface area (Å²) in [6.45, 7) is 11.4. The van der Waals surface area contributed by atoms with Gasteiger partial charge in [0, 0.05) is 24.1 Å². The van der Waals surface area contributed by atoms with Crippen LogP contribution in [0, 0.1) is 0 Å². The standard InChI is InChI=1S/C16H25NO/c1-12(2)13-6-8-14(9-7-13)15(18)10-11-17-16(3,4)5/h6-9,12,17H,10-11H2,1-5H3. The first-order chi connectivity index (χ1) is 8.29. The van der Waals surface area contributed by atoms with E-state index in [0.717, 1.165) is 12.1 Å².